The van der Waals surface area contributed by atoms with E-state index in [1.54, 1.807) is 12.1 Å². The molecule has 118 valence electrons. The summed E-state index contributed by atoms with van der Waals surface area (Å²) in [6.07, 6.45) is 6.63. The van der Waals surface area contributed by atoms with E-state index in [2.05, 4.69) is 19.2 Å². The highest BCUT2D eigenvalue weighted by molar-refractivity contribution is 7.90. The first-order valence-electron chi connectivity index (χ1n) is 7.89. The summed E-state index contributed by atoms with van der Waals surface area (Å²) in [7, 11) is -3.10. The van der Waals surface area contributed by atoms with Gasteiger partial charge in [0.1, 0.15) is 0 Å². The van der Waals surface area contributed by atoms with Crippen LogP contribution in [-0.4, -0.2) is 21.2 Å². The van der Waals surface area contributed by atoms with Gasteiger partial charge in [0.15, 0.2) is 9.84 Å². The molecule has 1 fully saturated rings. The summed E-state index contributed by atoms with van der Waals surface area (Å²) < 4.78 is 22.9. The number of benzene rings is 1. The summed E-state index contributed by atoms with van der Waals surface area (Å²) in [4.78, 5) is 0.388. The van der Waals surface area contributed by atoms with Gasteiger partial charge in [0.25, 0.3) is 0 Å². The Morgan fingerprint density at radius 1 is 1.24 bits per heavy atom. The van der Waals surface area contributed by atoms with Crippen LogP contribution in [0.25, 0.3) is 0 Å². The summed E-state index contributed by atoms with van der Waals surface area (Å²) in [6.45, 7) is 5.54. The van der Waals surface area contributed by atoms with E-state index in [9.17, 15) is 8.42 Å². The highest BCUT2D eigenvalue weighted by Crippen LogP contribution is 2.28. The molecule has 0 spiro atoms. The van der Waals surface area contributed by atoms with Crippen LogP contribution in [0.1, 0.15) is 51.1 Å². The van der Waals surface area contributed by atoms with Crippen LogP contribution in [0.15, 0.2) is 29.2 Å². The number of rotatable bonds is 5. The van der Waals surface area contributed by atoms with E-state index in [-0.39, 0.29) is 6.04 Å². The van der Waals surface area contributed by atoms with Crippen LogP contribution in [0.5, 0.6) is 0 Å². The normalized spacial score (nSPS) is 24.7. The van der Waals surface area contributed by atoms with Gasteiger partial charge in [0, 0.05) is 12.3 Å². The molecule has 0 aromatic heterocycles. The molecule has 0 aliphatic heterocycles. The van der Waals surface area contributed by atoms with E-state index in [1.807, 2.05) is 12.1 Å². The smallest absolute Gasteiger partial charge is 0.175 e. The molecule has 0 saturated heterocycles. The standard InChI is InChI=1S/C17H27NO2S/c1-13-5-4-6-15(11-13)12-18-14(2)16-7-9-17(10-8-16)21(3,19)20/h7-10,13-15,18H,4-6,11-12H2,1-3H3. The zero-order chi connectivity index (χ0) is 15.5. The third-order valence-corrected chi connectivity index (χ3v) is 5.69. The number of nitrogens with one attached hydrogen (secondary N) is 1. The van der Waals surface area contributed by atoms with Crippen LogP contribution >= 0.6 is 0 Å². The monoisotopic (exact) mass is 309 g/mol. The quantitative estimate of drug-likeness (QED) is 0.904. The molecule has 3 nitrogen and oxygen atoms in total. The lowest BCUT2D eigenvalue weighted by atomic mass is 9.82. The number of hydrogen-bond acceptors (Lipinski definition) is 3. The molecule has 3 unspecified atom stereocenters. The minimum atomic E-state index is -3.10. The van der Waals surface area contributed by atoms with Crippen molar-refractivity contribution in [1.29, 1.82) is 0 Å². The fourth-order valence-corrected chi connectivity index (χ4v) is 3.84. The first-order valence-corrected chi connectivity index (χ1v) is 9.79. The van der Waals surface area contributed by atoms with Gasteiger partial charge in [-0.2, -0.15) is 0 Å². The van der Waals surface area contributed by atoms with Crippen molar-refractivity contribution in [2.45, 2.75) is 50.5 Å². The Balaban J connectivity index is 1.89. The summed E-state index contributed by atoms with van der Waals surface area (Å²) in [5.74, 6) is 1.64. The van der Waals surface area contributed by atoms with E-state index in [4.69, 9.17) is 0 Å². The third-order valence-electron chi connectivity index (χ3n) is 4.57. The lowest BCUT2D eigenvalue weighted by Gasteiger charge is -2.28. The molecule has 1 aromatic carbocycles. The fraction of sp³-hybridized carbons (Fsp3) is 0.647. The van der Waals surface area contributed by atoms with Crippen molar-refractivity contribution >= 4 is 9.84 Å². The molecule has 4 heteroatoms. The molecule has 0 amide bonds. The van der Waals surface area contributed by atoms with Gasteiger partial charge in [-0.25, -0.2) is 8.42 Å². The van der Waals surface area contributed by atoms with Gasteiger partial charge in [-0.15, -0.1) is 0 Å². The van der Waals surface area contributed by atoms with Crippen molar-refractivity contribution in [2.24, 2.45) is 11.8 Å². The Kier molecular flexibility index (Phi) is 5.44. The largest absolute Gasteiger partial charge is 0.310 e. The second-order valence-corrected chi connectivity index (χ2v) is 8.62. The molecular weight excluding hydrogens is 282 g/mol. The minimum absolute atomic E-state index is 0.260. The van der Waals surface area contributed by atoms with Crippen LogP contribution < -0.4 is 5.32 Å². The van der Waals surface area contributed by atoms with Gasteiger partial charge in [-0.05, 0) is 55.8 Å². The van der Waals surface area contributed by atoms with Crippen molar-refractivity contribution in [3.05, 3.63) is 29.8 Å². The van der Waals surface area contributed by atoms with Crippen LogP contribution in [0.4, 0.5) is 0 Å². The molecule has 0 radical (unpaired) electrons. The van der Waals surface area contributed by atoms with E-state index >= 15 is 0 Å². The molecule has 1 saturated carbocycles. The topological polar surface area (TPSA) is 46.2 Å². The van der Waals surface area contributed by atoms with Crippen molar-refractivity contribution in [2.75, 3.05) is 12.8 Å². The first kappa shape index (κ1) is 16.5. The summed E-state index contributed by atoms with van der Waals surface area (Å²) in [6, 6.07) is 7.49. The van der Waals surface area contributed by atoms with Crippen LogP contribution in [0.2, 0.25) is 0 Å². The molecule has 1 aromatic rings. The molecule has 3 atom stereocenters. The number of sulfone groups is 1. The van der Waals surface area contributed by atoms with Gasteiger partial charge >= 0.3 is 0 Å². The Bertz CT molecular complexity index is 551. The van der Waals surface area contributed by atoms with Gasteiger partial charge < -0.3 is 5.32 Å². The van der Waals surface area contributed by atoms with E-state index in [1.165, 1.54) is 31.9 Å². The zero-order valence-electron chi connectivity index (χ0n) is 13.3. The van der Waals surface area contributed by atoms with Crippen molar-refractivity contribution in [3.8, 4) is 0 Å². The maximum Gasteiger partial charge on any atom is 0.175 e. The maximum absolute atomic E-state index is 11.5. The zero-order valence-corrected chi connectivity index (χ0v) is 14.1. The summed E-state index contributed by atoms with van der Waals surface area (Å²) in [5.41, 5.74) is 1.14. The molecule has 1 aliphatic carbocycles. The van der Waals surface area contributed by atoms with Crippen LogP contribution in [-0.2, 0) is 9.84 Å². The average molecular weight is 309 g/mol. The molecule has 0 bridgehead atoms. The Morgan fingerprint density at radius 2 is 1.90 bits per heavy atom. The highest BCUT2D eigenvalue weighted by Gasteiger charge is 2.19. The predicted octanol–water partition coefficient (Wildman–Crippen LogP) is 3.57. The fourth-order valence-electron chi connectivity index (χ4n) is 3.21. The second kappa shape index (κ2) is 6.93. The van der Waals surface area contributed by atoms with Gasteiger partial charge in [0.2, 0.25) is 0 Å². The second-order valence-electron chi connectivity index (χ2n) is 6.61. The molecule has 1 aliphatic rings. The molecule has 2 rings (SSSR count). The van der Waals surface area contributed by atoms with E-state index < -0.39 is 9.84 Å². The Labute approximate surface area is 129 Å². The van der Waals surface area contributed by atoms with Crippen LogP contribution in [0, 0.1) is 11.8 Å². The van der Waals surface area contributed by atoms with Crippen molar-refractivity contribution in [3.63, 3.8) is 0 Å². The van der Waals surface area contributed by atoms with E-state index in [0.29, 0.717) is 4.90 Å². The van der Waals surface area contributed by atoms with Crippen molar-refractivity contribution < 1.29 is 8.42 Å². The molecule has 1 N–H and O–H groups in total. The predicted molar refractivity (Wildman–Crippen MR) is 87.1 cm³/mol. The maximum atomic E-state index is 11.5. The van der Waals surface area contributed by atoms with E-state index in [0.717, 1.165) is 23.9 Å². The van der Waals surface area contributed by atoms with Crippen molar-refractivity contribution in [1.82, 2.24) is 5.32 Å². The lowest BCUT2D eigenvalue weighted by molar-refractivity contribution is 0.268. The molecular formula is C17H27NO2S. The van der Waals surface area contributed by atoms with Gasteiger partial charge in [0.05, 0.1) is 4.90 Å². The Hall–Kier alpha value is -0.870. The Morgan fingerprint density at radius 3 is 2.48 bits per heavy atom. The summed E-state index contributed by atoms with van der Waals surface area (Å²) >= 11 is 0. The summed E-state index contributed by atoms with van der Waals surface area (Å²) in [5, 5.41) is 3.60. The van der Waals surface area contributed by atoms with Gasteiger partial charge in [-0.1, -0.05) is 31.9 Å². The minimum Gasteiger partial charge on any atom is -0.310 e. The lowest BCUT2D eigenvalue weighted by Crippen LogP contribution is -2.28. The van der Waals surface area contributed by atoms with Gasteiger partial charge in [-0.3, -0.25) is 0 Å². The van der Waals surface area contributed by atoms with Crippen LogP contribution in [0.3, 0.4) is 0 Å². The molecule has 0 heterocycles. The average Bonchev–Trinajstić information content (AvgIpc) is 2.44. The first-order chi connectivity index (χ1) is 9.86. The SMILES string of the molecule is CC1CCCC(CNC(C)c2ccc(S(C)(=O)=O)cc2)C1. The third kappa shape index (κ3) is 4.82. The number of hydrogen-bond donors (Lipinski definition) is 1. The highest BCUT2D eigenvalue weighted by atomic mass is 32.2. The molecule has 21 heavy (non-hydrogen) atoms.